The fraction of sp³-hybridized carbons (Fsp3) is 0.188. The molecule has 0 fully saturated rings. The molecular weight excluding hydrogens is 306 g/mol. The van der Waals surface area contributed by atoms with Gasteiger partial charge in [0.15, 0.2) is 0 Å². The van der Waals surface area contributed by atoms with E-state index in [2.05, 4.69) is 30.7 Å². The smallest absolute Gasteiger partial charge is 0.251 e. The van der Waals surface area contributed by atoms with Crippen molar-refractivity contribution in [3.63, 3.8) is 0 Å². The molecule has 0 saturated carbocycles. The lowest BCUT2D eigenvalue weighted by Crippen LogP contribution is -2.28. The number of nitrogens with one attached hydrogen (secondary N) is 2. The SMILES string of the molecule is CCC(NC(=O)c1ccc2n[nH]nc2c1)c1cn2cccnc2n1. The summed E-state index contributed by atoms with van der Waals surface area (Å²) in [6, 6.07) is 6.87. The number of nitrogens with zero attached hydrogens (tertiary/aromatic N) is 5. The van der Waals surface area contributed by atoms with Crippen molar-refractivity contribution in [2.45, 2.75) is 19.4 Å². The Bertz CT molecular complexity index is 986. The van der Waals surface area contributed by atoms with Crippen LogP contribution in [-0.4, -0.2) is 35.7 Å². The first-order valence-corrected chi connectivity index (χ1v) is 7.65. The lowest BCUT2D eigenvalue weighted by molar-refractivity contribution is 0.0935. The summed E-state index contributed by atoms with van der Waals surface area (Å²) < 4.78 is 1.84. The van der Waals surface area contributed by atoms with E-state index in [0.29, 0.717) is 16.9 Å². The van der Waals surface area contributed by atoms with Crippen molar-refractivity contribution in [1.82, 2.24) is 35.1 Å². The van der Waals surface area contributed by atoms with Crippen LogP contribution < -0.4 is 5.32 Å². The van der Waals surface area contributed by atoms with Crippen molar-refractivity contribution in [2.75, 3.05) is 0 Å². The molecule has 4 aromatic rings. The lowest BCUT2D eigenvalue weighted by Gasteiger charge is -2.14. The number of hydrogen-bond acceptors (Lipinski definition) is 5. The number of benzene rings is 1. The fourth-order valence-corrected chi connectivity index (χ4v) is 2.62. The molecule has 3 heterocycles. The third-order valence-electron chi connectivity index (χ3n) is 3.90. The van der Waals surface area contributed by atoms with Crippen molar-refractivity contribution in [2.24, 2.45) is 0 Å². The second-order valence-corrected chi connectivity index (χ2v) is 5.45. The molecule has 8 nitrogen and oxygen atoms in total. The predicted molar refractivity (Wildman–Crippen MR) is 87.4 cm³/mol. The Balaban J connectivity index is 1.60. The Hall–Kier alpha value is -3.29. The van der Waals surface area contributed by atoms with Gasteiger partial charge in [0.05, 0.1) is 11.7 Å². The van der Waals surface area contributed by atoms with Gasteiger partial charge in [0.2, 0.25) is 5.78 Å². The third-order valence-corrected chi connectivity index (χ3v) is 3.90. The maximum atomic E-state index is 12.5. The molecule has 1 unspecified atom stereocenters. The van der Waals surface area contributed by atoms with Crippen molar-refractivity contribution in [3.05, 3.63) is 54.1 Å². The van der Waals surface area contributed by atoms with Crippen LogP contribution in [0.5, 0.6) is 0 Å². The quantitative estimate of drug-likeness (QED) is 0.597. The summed E-state index contributed by atoms with van der Waals surface area (Å²) in [6.45, 7) is 2.00. The lowest BCUT2D eigenvalue weighted by atomic mass is 10.1. The van der Waals surface area contributed by atoms with Gasteiger partial charge in [0, 0.05) is 24.2 Å². The molecule has 0 aliphatic rings. The number of fused-ring (bicyclic) bond motifs is 2. The van der Waals surface area contributed by atoms with E-state index in [9.17, 15) is 4.79 Å². The van der Waals surface area contributed by atoms with Gasteiger partial charge >= 0.3 is 0 Å². The Labute approximate surface area is 136 Å². The van der Waals surface area contributed by atoms with Crippen molar-refractivity contribution in [1.29, 1.82) is 0 Å². The second-order valence-electron chi connectivity index (χ2n) is 5.45. The molecule has 0 bridgehead atoms. The molecule has 8 heteroatoms. The first-order valence-electron chi connectivity index (χ1n) is 7.65. The van der Waals surface area contributed by atoms with Crippen LogP contribution in [-0.2, 0) is 0 Å². The summed E-state index contributed by atoms with van der Waals surface area (Å²) in [5.41, 5.74) is 2.71. The molecular formula is C16H15N7O. The summed E-state index contributed by atoms with van der Waals surface area (Å²) >= 11 is 0. The summed E-state index contributed by atoms with van der Waals surface area (Å²) in [5.74, 6) is 0.445. The molecule has 2 N–H and O–H groups in total. The van der Waals surface area contributed by atoms with Gasteiger partial charge in [-0.1, -0.05) is 6.92 Å². The molecule has 4 rings (SSSR count). The number of H-pyrrole nitrogens is 1. The van der Waals surface area contributed by atoms with Crippen LogP contribution in [0.25, 0.3) is 16.8 Å². The van der Waals surface area contributed by atoms with E-state index in [-0.39, 0.29) is 11.9 Å². The van der Waals surface area contributed by atoms with Crippen LogP contribution in [0.15, 0.2) is 42.9 Å². The molecule has 1 aromatic carbocycles. The standard InChI is InChI=1S/C16H15N7O/c1-2-11(14-9-23-7-3-6-17-16(23)19-14)18-15(24)10-4-5-12-13(8-10)21-22-20-12/h3-9,11H,2H2,1H3,(H,18,24)(H,20,21,22). The minimum absolute atomic E-state index is 0.170. The minimum atomic E-state index is -0.188. The van der Waals surface area contributed by atoms with Gasteiger partial charge in [-0.2, -0.15) is 15.4 Å². The van der Waals surface area contributed by atoms with Gasteiger partial charge < -0.3 is 5.32 Å². The number of carbonyl (C=O) groups excluding carboxylic acids is 1. The molecule has 0 aliphatic carbocycles. The van der Waals surface area contributed by atoms with Crippen LogP contribution in [0.4, 0.5) is 0 Å². The molecule has 0 spiro atoms. The normalized spacial score (nSPS) is 12.5. The van der Waals surface area contributed by atoms with Crippen molar-refractivity contribution < 1.29 is 4.79 Å². The third kappa shape index (κ3) is 2.47. The van der Waals surface area contributed by atoms with E-state index >= 15 is 0 Å². The highest BCUT2D eigenvalue weighted by molar-refractivity contribution is 5.97. The molecule has 0 radical (unpaired) electrons. The van der Waals surface area contributed by atoms with E-state index in [4.69, 9.17) is 0 Å². The number of hydrogen-bond donors (Lipinski definition) is 2. The Morgan fingerprint density at radius 3 is 3.04 bits per heavy atom. The molecule has 24 heavy (non-hydrogen) atoms. The molecule has 120 valence electrons. The average molecular weight is 321 g/mol. The van der Waals surface area contributed by atoms with Crippen LogP contribution in [0.3, 0.4) is 0 Å². The number of rotatable bonds is 4. The van der Waals surface area contributed by atoms with Gasteiger partial charge in [-0.15, -0.1) is 0 Å². The van der Waals surface area contributed by atoms with Gasteiger partial charge in [0.1, 0.15) is 11.0 Å². The van der Waals surface area contributed by atoms with Crippen molar-refractivity contribution in [3.8, 4) is 0 Å². The minimum Gasteiger partial charge on any atom is -0.344 e. The highest BCUT2D eigenvalue weighted by Crippen LogP contribution is 2.17. The molecule has 0 saturated heterocycles. The largest absolute Gasteiger partial charge is 0.344 e. The molecule has 3 aromatic heterocycles. The number of aromatic nitrogens is 6. The highest BCUT2D eigenvalue weighted by Gasteiger charge is 2.18. The van der Waals surface area contributed by atoms with E-state index in [0.717, 1.165) is 17.6 Å². The topological polar surface area (TPSA) is 101 Å². The van der Waals surface area contributed by atoms with Crippen molar-refractivity contribution >= 4 is 22.7 Å². The summed E-state index contributed by atoms with van der Waals surface area (Å²) in [4.78, 5) is 21.2. The van der Waals surface area contributed by atoms with E-state index in [1.165, 1.54) is 0 Å². The van der Waals surface area contributed by atoms with Gasteiger partial charge in [-0.05, 0) is 30.7 Å². The fourth-order valence-electron chi connectivity index (χ4n) is 2.62. The van der Waals surface area contributed by atoms with Crippen LogP contribution in [0.1, 0.15) is 35.4 Å². The average Bonchev–Trinajstić information content (AvgIpc) is 3.24. The van der Waals surface area contributed by atoms with E-state index in [1.54, 1.807) is 24.4 Å². The van der Waals surface area contributed by atoms with E-state index < -0.39 is 0 Å². The summed E-state index contributed by atoms with van der Waals surface area (Å²) in [6.07, 6.45) is 6.18. The number of aromatic amines is 1. The second kappa shape index (κ2) is 5.73. The van der Waals surface area contributed by atoms with Crippen LogP contribution >= 0.6 is 0 Å². The maximum absolute atomic E-state index is 12.5. The first kappa shape index (κ1) is 14.3. The summed E-state index contributed by atoms with van der Waals surface area (Å²) in [7, 11) is 0. The van der Waals surface area contributed by atoms with Gasteiger partial charge in [-0.25, -0.2) is 9.97 Å². The zero-order chi connectivity index (χ0) is 16.5. The number of carbonyl (C=O) groups is 1. The van der Waals surface area contributed by atoms with E-state index in [1.807, 2.05) is 29.8 Å². The molecule has 0 aliphatic heterocycles. The van der Waals surface area contributed by atoms with Crippen LogP contribution in [0.2, 0.25) is 0 Å². The van der Waals surface area contributed by atoms with Gasteiger partial charge in [-0.3, -0.25) is 9.20 Å². The zero-order valence-corrected chi connectivity index (χ0v) is 13.0. The Morgan fingerprint density at radius 1 is 1.33 bits per heavy atom. The van der Waals surface area contributed by atoms with Crippen LogP contribution in [0, 0.1) is 0 Å². The first-order chi connectivity index (χ1) is 11.7. The summed E-state index contributed by atoms with van der Waals surface area (Å²) in [5, 5.41) is 13.5. The number of amides is 1. The van der Waals surface area contributed by atoms with Gasteiger partial charge in [0.25, 0.3) is 5.91 Å². The number of imidazole rings is 1. The monoisotopic (exact) mass is 321 g/mol. The maximum Gasteiger partial charge on any atom is 0.251 e. The highest BCUT2D eigenvalue weighted by atomic mass is 16.1. The predicted octanol–water partition coefficient (Wildman–Crippen LogP) is 1.88. The zero-order valence-electron chi connectivity index (χ0n) is 13.0. The Morgan fingerprint density at radius 2 is 2.21 bits per heavy atom. The molecule has 1 amide bonds. The Kier molecular flexibility index (Phi) is 3.42. The molecule has 1 atom stereocenters.